The SMILES string of the molecule is C=C(C)C(=O)Nc1ccc(-c2c(C3=CCC(C(=O)N4CCC[C@H]4C4CC4)CC3)c3c(N)ncnc3n2C)cc1. The van der Waals surface area contributed by atoms with Gasteiger partial charge in [0, 0.05) is 42.4 Å². The number of fused-ring (bicyclic) bond motifs is 1. The predicted molar refractivity (Wildman–Crippen MR) is 155 cm³/mol. The van der Waals surface area contributed by atoms with Crippen molar-refractivity contribution < 1.29 is 9.59 Å². The number of benzene rings is 1. The van der Waals surface area contributed by atoms with Gasteiger partial charge in [-0.05, 0) is 81.1 Å². The number of rotatable bonds is 6. The molecule has 8 heteroatoms. The molecule has 1 aliphatic heterocycles. The number of carbonyl (C=O) groups excluding carboxylic acids is 2. The number of aryl methyl sites for hydroxylation is 1. The maximum absolute atomic E-state index is 13.5. The molecule has 0 radical (unpaired) electrons. The summed E-state index contributed by atoms with van der Waals surface area (Å²) in [4.78, 5) is 36.7. The van der Waals surface area contributed by atoms with E-state index >= 15 is 0 Å². The van der Waals surface area contributed by atoms with Crippen molar-refractivity contribution in [1.82, 2.24) is 19.4 Å². The van der Waals surface area contributed by atoms with E-state index < -0.39 is 0 Å². The molecule has 8 nitrogen and oxygen atoms in total. The van der Waals surface area contributed by atoms with E-state index in [-0.39, 0.29) is 11.8 Å². The number of hydrogen-bond donors (Lipinski definition) is 2. The number of anilines is 2. The Labute approximate surface area is 229 Å². The van der Waals surface area contributed by atoms with Gasteiger partial charge in [-0.25, -0.2) is 9.97 Å². The maximum atomic E-state index is 13.5. The van der Waals surface area contributed by atoms with Gasteiger partial charge in [0.2, 0.25) is 5.91 Å². The molecular formula is C31H36N6O2. The van der Waals surface area contributed by atoms with Crippen LogP contribution in [0.3, 0.4) is 0 Å². The number of nitrogens with zero attached hydrogens (tertiary/aromatic N) is 4. The number of likely N-dealkylation sites (tertiary alicyclic amines) is 1. The highest BCUT2D eigenvalue weighted by atomic mass is 16.2. The maximum Gasteiger partial charge on any atom is 0.250 e. The van der Waals surface area contributed by atoms with Gasteiger partial charge in [-0.2, -0.15) is 0 Å². The second-order valence-corrected chi connectivity index (χ2v) is 11.3. The molecule has 0 spiro atoms. The van der Waals surface area contributed by atoms with Crippen LogP contribution < -0.4 is 11.1 Å². The van der Waals surface area contributed by atoms with Gasteiger partial charge in [0.1, 0.15) is 17.8 Å². The zero-order valence-electron chi connectivity index (χ0n) is 22.7. The van der Waals surface area contributed by atoms with Crippen LogP contribution in [0.2, 0.25) is 0 Å². The fourth-order valence-corrected chi connectivity index (χ4v) is 6.43. The number of nitrogens with two attached hydrogens (primary N) is 1. The molecule has 202 valence electrons. The van der Waals surface area contributed by atoms with Crippen LogP contribution >= 0.6 is 0 Å². The lowest BCUT2D eigenvalue weighted by Crippen LogP contribution is -2.41. The monoisotopic (exact) mass is 524 g/mol. The largest absolute Gasteiger partial charge is 0.383 e. The molecule has 6 rings (SSSR count). The van der Waals surface area contributed by atoms with Crippen molar-refractivity contribution in [3.8, 4) is 11.3 Å². The van der Waals surface area contributed by atoms with E-state index in [1.54, 1.807) is 6.92 Å². The fourth-order valence-electron chi connectivity index (χ4n) is 6.43. The lowest BCUT2D eigenvalue weighted by Gasteiger charge is -2.30. The summed E-state index contributed by atoms with van der Waals surface area (Å²) in [7, 11) is 1.99. The van der Waals surface area contributed by atoms with E-state index in [1.807, 2.05) is 31.3 Å². The van der Waals surface area contributed by atoms with Crippen molar-refractivity contribution in [1.29, 1.82) is 0 Å². The molecule has 39 heavy (non-hydrogen) atoms. The van der Waals surface area contributed by atoms with Crippen LogP contribution in [-0.2, 0) is 16.6 Å². The second-order valence-electron chi connectivity index (χ2n) is 11.3. The van der Waals surface area contributed by atoms with E-state index in [2.05, 4.69) is 37.4 Å². The van der Waals surface area contributed by atoms with Gasteiger partial charge in [-0.1, -0.05) is 24.8 Å². The first-order chi connectivity index (χ1) is 18.8. The van der Waals surface area contributed by atoms with Gasteiger partial charge in [-0.15, -0.1) is 0 Å². The molecule has 3 aromatic rings. The Balaban J connectivity index is 1.33. The lowest BCUT2D eigenvalue weighted by molar-refractivity contribution is -0.137. The molecule has 1 saturated carbocycles. The quantitative estimate of drug-likeness (QED) is 0.425. The minimum Gasteiger partial charge on any atom is -0.383 e. The average molecular weight is 525 g/mol. The molecule has 2 fully saturated rings. The summed E-state index contributed by atoms with van der Waals surface area (Å²) < 4.78 is 2.06. The van der Waals surface area contributed by atoms with Crippen LogP contribution in [0.25, 0.3) is 27.9 Å². The van der Waals surface area contributed by atoms with Crippen LogP contribution in [0.1, 0.15) is 57.4 Å². The summed E-state index contributed by atoms with van der Waals surface area (Å²) in [5.41, 5.74) is 12.6. The Morgan fingerprint density at radius 2 is 1.87 bits per heavy atom. The molecule has 2 aromatic heterocycles. The molecule has 1 unspecified atom stereocenters. The van der Waals surface area contributed by atoms with E-state index in [1.165, 1.54) is 31.2 Å². The fraction of sp³-hybridized carbons (Fsp3) is 0.419. The number of allylic oxidation sites excluding steroid dienone is 2. The van der Waals surface area contributed by atoms with E-state index in [0.29, 0.717) is 29.0 Å². The first kappa shape index (κ1) is 25.3. The zero-order valence-corrected chi connectivity index (χ0v) is 22.7. The third-order valence-electron chi connectivity index (χ3n) is 8.63. The van der Waals surface area contributed by atoms with Crippen molar-refractivity contribution in [2.45, 2.75) is 57.9 Å². The molecule has 1 saturated heterocycles. The van der Waals surface area contributed by atoms with E-state index in [9.17, 15) is 9.59 Å². The van der Waals surface area contributed by atoms with Gasteiger partial charge >= 0.3 is 0 Å². The average Bonchev–Trinajstić information content (AvgIpc) is 3.59. The first-order valence-electron chi connectivity index (χ1n) is 14.0. The Morgan fingerprint density at radius 1 is 1.10 bits per heavy atom. The number of aromatic nitrogens is 3. The second kappa shape index (κ2) is 9.98. The highest BCUT2D eigenvalue weighted by molar-refractivity contribution is 6.05. The molecule has 2 amide bonds. The molecule has 2 atom stereocenters. The Kier molecular flexibility index (Phi) is 6.49. The molecule has 1 aromatic carbocycles. The summed E-state index contributed by atoms with van der Waals surface area (Å²) in [6, 6.07) is 8.24. The predicted octanol–water partition coefficient (Wildman–Crippen LogP) is 5.32. The van der Waals surface area contributed by atoms with Crippen molar-refractivity contribution in [3.63, 3.8) is 0 Å². The number of amides is 2. The Morgan fingerprint density at radius 3 is 2.54 bits per heavy atom. The van der Waals surface area contributed by atoms with Crippen LogP contribution in [0, 0.1) is 11.8 Å². The van der Waals surface area contributed by atoms with E-state index in [0.717, 1.165) is 66.0 Å². The first-order valence-corrected chi connectivity index (χ1v) is 14.0. The molecule has 0 bridgehead atoms. The van der Waals surface area contributed by atoms with Crippen LogP contribution in [-0.4, -0.2) is 43.8 Å². The summed E-state index contributed by atoms with van der Waals surface area (Å²) in [6.45, 7) is 6.30. The van der Waals surface area contributed by atoms with Crippen molar-refractivity contribution in [3.05, 3.63) is 54.4 Å². The van der Waals surface area contributed by atoms with Gasteiger partial charge in [-0.3, -0.25) is 9.59 Å². The summed E-state index contributed by atoms with van der Waals surface area (Å²) >= 11 is 0. The third-order valence-corrected chi connectivity index (χ3v) is 8.63. The van der Waals surface area contributed by atoms with Crippen molar-refractivity contribution >= 4 is 39.9 Å². The highest BCUT2D eigenvalue weighted by Crippen LogP contribution is 2.44. The molecule has 2 aliphatic carbocycles. The topological polar surface area (TPSA) is 106 Å². The van der Waals surface area contributed by atoms with E-state index in [4.69, 9.17) is 5.73 Å². The minimum atomic E-state index is -0.204. The smallest absolute Gasteiger partial charge is 0.250 e. The van der Waals surface area contributed by atoms with Crippen LogP contribution in [0.4, 0.5) is 11.5 Å². The minimum absolute atomic E-state index is 0.0383. The Hall–Kier alpha value is -3.94. The summed E-state index contributed by atoms with van der Waals surface area (Å²) in [5.74, 6) is 1.35. The Bertz CT molecular complexity index is 1500. The van der Waals surface area contributed by atoms with Gasteiger partial charge in [0.25, 0.3) is 5.91 Å². The molecule has 3 heterocycles. The number of carbonyl (C=O) groups is 2. The van der Waals surface area contributed by atoms with Crippen molar-refractivity contribution in [2.24, 2.45) is 18.9 Å². The zero-order chi connectivity index (χ0) is 27.3. The standard InChI is InChI=1S/C31H36N6O2/c1-18(2)30(38)35-23-14-12-21(13-15-23)27-25(26-28(32)33-17-34-29(26)36(27)3)20-8-10-22(11-9-20)31(39)37-16-4-5-24(37)19-6-7-19/h8,12-15,17,19,22,24H,1,4-7,9-11,16H2,2-3H3,(H,35,38)(H2,32,33,34)/t22?,24-/m0/s1. The number of hydrogen-bond acceptors (Lipinski definition) is 5. The normalized spacial score (nSPS) is 21.2. The van der Waals surface area contributed by atoms with Gasteiger partial charge in [0.15, 0.2) is 0 Å². The summed E-state index contributed by atoms with van der Waals surface area (Å²) in [5, 5.41) is 3.71. The summed E-state index contributed by atoms with van der Waals surface area (Å²) in [6.07, 6.45) is 10.9. The lowest BCUT2D eigenvalue weighted by atomic mass is 9.84. The van der Waals surface area contributed by atoms with Crippen LogP contribution in [0.15, 0.2) is 48.8 Å². The third kappa shape index (κ3) is 4.62. The van der Waals surface area contributed by atoms with Crippen molar-refractivity contribution in [2.75, 3.05) is 17.6 Å². The van der Waals surface area contributed by atoms with Gasteiger partial charge < -0.3 is 20.5 Å². The number of nitrogens with one attached hydrogen (secondary N) is 1. The number of nitrogen functional groups attached to an aromatic ring is 1. The molecule has 3 N–H and O–H groups in total. The van der Waals surface area contributed by atoms with Gasteiger partial charge in [0.05, 0.1) is 11.1 Å². The highest BCUT2D eigenvalue weighted by Gasteiger charge is 2.41. The molecule has 3 aliphatic rings. The van der Waals surface area contributed by atoms with Crippen LogP contribution in [0.5, 0.6) is 0 Å². The molecular weight excluding hydrogens is 488 g/mol.